The zero-order valence-corrected chi connectivity index (χ0v) is 16.9. The Labute approximate surface area is 166 Å². The van der Waals surface area contributed by atoms with E-state index in [4.69, 9.17) is 14.2 Å². The molecule has 0 unspecified atom stereocenters. The van der Waals surface area contributed by atoms with Crippen LogP contribution in [0, 0.1) is 6.92 Å². The molecule has 1 saturated heterocycles. The molecule has 0 aliphatic carbocycles. The van der Waals surface area contributed by atoms with Gasteiger partial charge in [-0.25, -0.2) is 0 Å². The van der Waals surface area contributed by atoms with Crippen molar-refractivity contribution in [3.8, 4) is 17.2 Å². The van der Waals surface area contributed by atoms with Gasteiger partial charge < -0.3 is 24.0 Å². The van der Waals surface area contributed by atoms with E-state index < -0.39 is 0 Å². The summed E-state index contributed by atoms with van der Waals surface area (Å²) in [7, 11) is 3.33. The van der Waals surface area contributed by atoms with Crippen LogP contribution in [0.15, 0.2) is 42.5 Å². The molecule has 0 radical (unpaired) electrons. The molecule has 2 aromatic carbocycles. The first-order chi connectivity index (χ1) is 13.6. The van der Waals surface area contributed by atoms with Gasteiger partial charge in [0.2, 0.25) is 0 Å². The van der Waals surface area contributed by atoms with Gasteiger partial charge in [-0.05, 0) is 36.8 Å². The second-order valence-corrected chi connectivity index (χ2v) is 7.09. The fourth-order valence-electron chi connectivity index (χ4n) is 3.46. The highest BCUT2D eigenvalue weighted by Gasteiger charge is 2.25. The minimum atomic E-state index is 0.0441. The molecule has 1 N–H and O–H groups in total. The van der Waals surface area contributed by atoms with Crippen molar-refractivity contribution in [3.05, 3.63) is 53.6 Å². The zero-order valence-electron chi connectivity index (χ0n) is 16.9. The second kappa shape index (κ2) is 9.46. The first kappa shape index (κ1) is 20.0. The van der Waals surface area contributed by atoms with E-state index in [1.165, 1.54) is 4.90 Å². The summed E-state index contributed by atoms with van der Waals surface area (Å²) < 4.78 is 16.4. The van der Waals surface area contributed by atoms with E-state index in [1.54, 1.807) is 14.2 Å². The normalized spacial score (nSPS) is 14.6. The Morgan fingerprint density at radius 1 is 1.04 bits per heavy atom. The number of carbonyl (C=O) groups is 1. The van der Waals surface area contributed by atoms with E-state index >= 15 is 0 Å². The Kier molecular flexibility index (Phi) is 6.76. The summed E-state index contributed by atoms with van der Waals surface area (Å²) >= 11 is 0. The van der Waals surface area contributed by atoms with Crippen molar-refractivity contribution in [2.24, 2.45) is 0 Å². The van der Waals surface area contributed by atoms with E-state index in [-0.39, 0.29) is 12.5 Å². The molecular formula is C22H29N2O4+. The number of carbonyl (C=O) groups excluding carboxylic acids is 1. The lowest BCUT2D eigenvalue weighted by molar-refractivity contribution is -0.917. The molecule has 150 valence electrons. The van der Waals surface area contributed by atoms with Crippen LogP contribution >= 0.6 is 0 Å². The van der Waals surface area contributed by atoms with Crippen molar-refractivity contribution < 1.29 is 23.9 Å². The zero-order chi connectivity index (χ0) is 19.9. The van der Waals surface area contributed by atoms with Gasteiger partial charge in [-0.15, -0.1) is 0 Å². The quantitative estimate of drug-likeness (QED) is 0.781. The number of rotatable bonds is 7. The number of ether oxygens (including phenoxy) is 3. The van der Waals surface area contributed by atoms with Gasteiger partial charge >= 0.3 is 0 Å². The van der Waals surface area contributed by atoms with Crippen LogP contribution in [0.3, 0.4) is 0 Å². The summed E-state index contributed by atoms with van der Waals surface area (Å²) in [6.07, 6.45) is 0. The summed E-state index contributed by atoms with van der Waals surface area (Å²) in [6.45, 7) is 6.26. The molecule has 6 nitrogen and oxygen atoms in total. The van der Waals surface area contributed by atoms with Crippen molar-refractivity contribution >= 4 is 5.91 Å². The fourth-order valence-corrected chi connectivity index (χ4v) is 3.46. The van der Waals surface area contributed by atoms with Gasteiger partial charge in [-0.2, -0.15) is 0 Å². The van der Waals surface area contributed by atoms with Crippen molar-refractivity contribution in [1.29, 1.82) is 0 Å². The van der Waals surface area contributed by atoms with Gasteiger partial charge in [-0.3, -0.25) is 4.79 Å². The third-order valence-corrected chi connectivity index (χ3v) is 5.11. The number of benzene rings is 2. The molecule has 1 fully saturated rings. The SMILES string of the molecule is COc1ccc(C[NH+]2CCN(C(=O)COc3cccc(C)c3)CC2)c(OC)c1. The largest absolute Gasteiger partial charge is 0.497 e. The Morgan fingerprint density at radius 2 is 1.82 bits per heavy atom. The minimum absolute atomic E-state index is 0.0441. The van der Waals surface area contributed by atoms with Crippen LogP contribution in [0.5, 0.6) is 17.2 Å². The molecule has 28 heavy (non-hydrogen) atoms. The molecule has 3 rings (SSSR count). The molecule has 0 saturated carbocycles. The lowest BCUT2D eigenvalue weighted by Crippen LogP contribution is -3.13. The third-order valence-electron chi connectivity index (χ3n) is 5.11. The average molecular weight is 385 g/mol. The maximum Gasteiger partial charge on any atom is 0.260 e. The molecule has 0 aromatic heterocycles. The Morgan fingerprint density at radius 3 is 2.50 bits per heavy atom. The maximum atomic E-state index is 12.5. The third kappa shape index (κ3) is 5.16. The van der Waals surface area contributed by atoms with E-state index in [9.17, 15) is 4.79 Å². The predicted octanol–water partition coefficient (Wildman–Crippen LogP) is 1.32. The number of amides is 1. The smallest absolute Gasteiger partial charge is 0.260 e. The summed E-state index contributed by atoms with van der Waals surface area (Å²) in [5, 5.41) is 0. The molecule has 1 amide bonds. The van der Waals surface area contributed by atoms with Crippen LogP contribution in [0.4, 0.5) is 0 Å². The average Bonchev–Trinajstić information content (AvgIpc) is 2.73. The molecule has 1 aliphatic heterocycles. The predicted molar refractivity (Wildman–Crippen MR) is 107 cm³/mol. The Hall–Kier alpha value is -2.73. The summed E-state index contributed by atoms with van der Waals surface area (Å²) in [5.41, 5.74) is 2.27. The van der Waals surface area contributed by atoms with Gasteiger partial charge in [0.15, 0.2) is 6.61 Å². The Balaban J connectivity index is 1.48. The second-order valence-electron chi connectivity index (χ2n) is 7.09. The molecule has 2 aromatic rings. The molecule has 1 aliphatic rings. The van der Waals surface area contributed by atoms with Gasteiger partial charge in [0.05, 0.1) is 40.4 Å². The molecule has 1 heterocycles. The summed E-state index contributed by atoms with van der Waals surface area (Å²) in [6, 6.07) is 13.7. The van der Waals surface area contributed by atoms with E-state index in [1.807, 2.05) is 48.2 Å². The highest BCUT2D eigenvalue weighted by Crippen LogP contribution is 2.23. The summed E-state index contributed by atoms with van der Waals surface area (Å²) in [4.78, 5) is 15.8. The number of nitrogens with one attached hydrogen (secondary N) is 1. The van der Waals surface area contributed by atoms with Gasteiger partial charge in [-0.1, -0.05) is 12.1 Å². The van der Waals surface area contributed by atoms with Crippen LogP contribution in [0.2, 0.25) is 0 Å². The van der Waals surface area contributed by atoms with Crippen LogP contribution in [0.1, 0.15) is 11.1 Å². The van der Waals surface area contributed by atoms with Crippen molar-refractivity contribution in [2.75, 3.05) is 47.0 Å². The highest BCUT2D eigenvalue weighted by molar-refractivity contribution is 5.77. The fraction of sp³-hybridized carbons (Fsp3) is 0.409. The van der Waals surface area contributed by atoms with E-state index in [0.29, 0.717) is 0 Å². The highest BCUT2D eigenvalue weighted by atomic mass is 16.5. The minimum Gasteiger partial charge on any atom is -0.497 e. The summed E-state index contributed by atoms with van der Waals surface area (Å²) in [5.74, 6) is 2.42. The van der Waals surface area contributed by atoms with Crippen molar-refractivity contribution in [2.45, 2.75) is 13.5 Å². The van der Waals surface area contributed by atoms with Crippen LogP contribution in [0.25, 0.3) is 0 Å². The molecule has 0 bridgehead atoms. The topological polar surface area (TPSA) is 52.4 Å². The molecular weight excluding hydrogens is 356 g/mol. The maximum absolute atomic E-state index is 12.5. The number of nitrogens with zero attached hydrogens (tertiary/aromatic N) is 1. The Bertz CT molecular complexity index is 801. The number of hydrogen-bond acceptors (Lipinski definition) is 4. The van der Waals surface area contributed by atoms with Gasteiger partial charge in [0.25, 0.3) is 5.91 Å². The number of quaternary nitrogens is 1. The van der Waals surface area contributed by atoms with Crippen LogP contribution in [-0.2, 0) is 11.3 Å². The monoisotopic (exact) mass is 385 g/mol. The van der Waals surface area contributed by atoms with E-state index in [0.717, 1.165) is 61.1 Å². The van der Waals surface area contributed by atoms with Crippen molar-refractivity contribution in [3.63, 3.8) is 0 Å². The van der Waals surface area contributed by atoms with Gasteiger partial charge in [0, 0.05) is 11.6 Å². The van der Waals surface area contributed by atoms with Crippen LogP contribution in [-0.4, -0.2) is 57.8 Å². The number of piperazine rings is 1. The first-order valence-electron chi connectivity index (χ1n) is 9.60. The van der Waals surface area contributed by atoms with Crippen LogP contribution < -0.4 is 19.1 Å². The van der Waals surface area contributed by atoms with E-state index in [2.05, 4.69) is 6.07 Å². The lowest BCUT2D eigenvalue weighted by Gasteiger charge is -2.32. The molecule has 6 heteroatoms. The van der Waals surface area contributed by atoms with Crippen molar-refractivity contribution in [1.82, 2.24) is 4.90 Å². The molecule has 0 spiro atoms. The number of hydrogen-bond donors (Lipinski definition) is 1. The first-order valence-corrected chi connectivity index (χ1v) is 9.60. The molecule has 0 atom stereocenters. The standard InChI is InChI=1S/C22H28N2O4/c1-17-5-4-6-20(13-17)28-16-22(25)24-11-9-23(10-12-24)15-18-7-8-19(26-2)14-21(18)27-3/h4-8,13-14H,9-12,15-16H2,1-3H3/p+1. The lowest BCUT2D eigenvalue weighted by atomic mass is 10.1. The van der Waals surface area contributed by atoms with Gasteiger partial charge in [0.1, 0.15) is 23.8 Å². The number of methoxy groups -OCH3 is 2. The number of aryl methyl sites for hydroxylation is 1.